The molecular weight excluding hydrogens is 308 g/mol. The maximum Gasteiger partial charge on any atom is 0.170 e. The molecule has 0 saturated heterocycles. The summed E-state index contributed by atoms with van der Waals surface area (Å²) in [5.74, 6) is 0.0270. The van der Waals surface area contributed by atoms with Crippen LogP contribution in [0.3, 0.4) is 0 Å². The normalized spacial score (nSPS) is 10.8. The third-order valence-corrected chi connectivity index (χ3v) is 4.02. The largest absolute Gasteiger partial charge is 0.294 e. The van der Waals surface area contributed by atoms with Gasteiger partial charge in [0.1, 0.15) is 0 Å². The van der Waals surface area contributed by atoms with Crippen molar-refractivity contribution in [1.82, 2.24) is 20.0 Å². The molecule has 0 saturated carbocycles. The zero-order chi connectivity index (χ0) is 14.2. The molecule has 0 aliphatic carbocycles. The summed E-state index contributed by atoms with van der Waals surface area (Å²) in [6.07, 6.45) is 0.296. The van der Waals surface area contributed by atoms with E-state index in [0.717, 1.165) is 21.6 Å². The first-order valence-electron chi connectivity index (χ1n) is 5.92. The number of halogens is 1. The van der Waals surface area contributed by atoms with E-state index in [-0.39, 0.29) is 5.78 Å². The second-order valence-electron chi connectivity index (χ2n) is 4.55. The van der Waals surface area contributed by atoms with E-state index in [1.54, 1.807) is 17.7 Å². The van der Waals surface area contributed by atoms with Gasteiger partial charge in [0.05, 0.1) is 33.7 Å². The average molecular weight is 323 g/mol. The lowest BCUT2D eigenvalue weighted by atomic mass is 10.1. The number of ketones is 1. The maximum absolute atomic E-state index is 12.4. The zero-order valence-electron chi connectivity index (χ0n) is 11.4. The molecule has 2 aromatic rings. The molecule has 0 radical (unpaired) electrons. The molecular formula is C13H15BrN4O. The number of carbonyl (C=O) groups excluding carboxylic acids is 1. The topological polar surface area (TPSA) is 60.7 Å². The minimum atomic E-state index is 0.0270. The van der Waals surface area contributed by atoms with Gasteiger partial charge in [0.15, 0.2) is 5.78 Å². The zero-order valence-corrected chi connectivity index (χ0v) is 12.9. The summed E-state index contributed by atoms with van der Waals surface area (Å²) in [5, 5.41) is 12.2. The molecule has 19 heavy (non-hydrogen) atoms. The molecule has 0 amide bonds. The molecule has 0 aliphatic heterocycles. The van der Waals surface area contributed by atoms with E-state index in [9.17, 15) is 4.79 Å². The minimum absolute atomic E-state index is 0.0270. The van der Waals surface area contributed by atoms with Crippen molar-refractivity contribution in [2.45, 2.75) is 27.2 Å². The first-order chi connectivity index (χ1) is 8.90. The number of hydrogen-bond donors (Lipinski definition) is 0. The van der Waals surface area contributed by atoms with Crippen LogP contribution in [0, 0.1) is 20.8 Å². The Hall–Kier alpha value is -1.56. The molecule has 0 aromatic carbocycles. The number of Topliss-reactive ketones (excluding diaryl/α,β-unsaturated/α-hetero) is 1. The van der Waals surface area contributed by atoms with Gasteiger partial charge in [-0.15, -0.1) is 0 Å². The van der Waals surface area contributed by atoms with Gasteiger partial charge in [-0.2, -0.15) is 15.3 Å². The van der Waals surface area contributed by atoms with Gasteiger partial charge < -0.3 is 0 Å². The second kappa shape index (κ2) is 5.21. The standard InChI is InChI=1S/C13H15BrN4O/c1-7-5-10(8(2)16-15-7)12(19)6-11-13(14)9(3)17-18(11)4/h5H,6H2,1-4H3. The van der Waals surface area contributed by atoms with Crippen molar-refractivity contribution in [3.63, 3.8) is 0 Å². The monoisotopic (exact) mass is 322 g/mol. The van der Waals surface area contributed by atoms with Crippen LogP contribution < -0.4 is 0 Å². The Labute approximate surface area is 120 Å². The first-order valence-corrected chi connectivity index (χ1v) is 6.71. The van der Waals surface area contributed by atoms with Crippen molar-refractivity contribution < 1.29 is 4.79 Å². The number of rotatable bonds is 3. The SMILES string of the molecule is Cc1cc(C(=O)Cc2c(Br)c(C)nn2C)c(C)nn1. The third kappa shape index (κ3) is 2.73. The average Bonchev–Trinajstić information content (AvgIpc) is 2.59. The van der Waals surface area contributed by atoms with Crippen LogP contribution in [0.1, 0.15) is 33.1 Å². The van der Waals surface area contributed by atoms with Crippen LogP contribution in [-0.4, -0.2) is 25.8 Å². The van der Waals surface area contributed by atoms with E-state index in [1.807, 2.05) is 20.9 Å². The van der Waals surface area contributed by atoms with Crippen molar-refractivity contribution in [3.8, 4) is 0 Å². The molecule has 0 aliphatic rings. The Morgan fingerprint density at radius 3 is 2.53 bits per heavy atom. The van der Waals surface area contributed by atoms with Crippen LogP contribution >= 0.6 is 15.9 Å². The quantitative estimate of drug-likeness (QED) is 0.814. The highest BCUT2D eigenvalue weighted by Gasteiger charge is 2.17. The van der Waals surface area contributed by atoms with Crippen molar-refractivity contribution >= 4 is 21.7 Å². The van der Waals surface area contributed by atoms with Crippen LogP contribution in [0.2, 0.25) is 0 Å². The molecule has 6 heteroatoms. The fraction of sp³-hybridized carbons (Fsp3) is 0.385. The van der Waals surface area contributed by atoms with Gasteiger partial charge in [0, 0.05) is 12.6 Å². The molecule has 0 spiro atoms. The Morgan fingerprint density at radius 2 is 1.95 bits per heavy atom. The van der Waals surface area contributed by atoms with Crippen LogP contribution in [0.5, 0.6) is 0 Å². The highest BCUT2D eigenvalue weighted by molar-refractivity contribution is 9.10. The maximum atomic E-state index is 12.4. The fourth-order valence-corrected chi connectivity index (χ4v) is 2.43. The Bertz CT molecular complexity index is 648. The number of hydrogen-bond acceptors (Lipinski definition) is 4. The van der Waals surface area contributed by atoms with Crippen molar-refractivity contribution in [1.29, 1.82) is 0 Å². The minimum Gasteiger partial charge on any atom is -0.294 e. The lowest BCUT2D eigenvalue weighted by Gasteiger charge is -2.05. The smallest absolute Gasteiger partial charge is 0.170 e. The number of aryl methyl sites for hydroxylation is 4. The molecule has 0 N–H and O–H groups in total. The summed E-state index contributed by atoms with van der Waals surface area (Å²) in [7, 11) is 1.84. The molecule has 0 fully saturated rings. The van der Waals surface area contributed by atoms with Gasteiger partial charge in [-0.1, -0.05) is 0 Å². The predicted octanol–water partition coefficient (Wildman–Crippen LogP) is 2.32. The molecule has 0 atom stereocenters. The Morgan fingerprint density at radius 1 is 1.26 bits per heavy atom. The van der Waals surface area contributed by atoms with Crippen LogP contribution in [-0.2, 0) is 13.5 Å². The van der Waals surface area contributed by atoms with Gasteiger partial charge in [0.25, 0.3) is 0 Å². The van der Waals surface area contributed by atoms with Crippen molar-refractivity contribution in [2.24, 2.45) is 7.05 Å². The van der Waals surface area contributed by atoms with Crippen molar-refractivity contribution in [2.75, 3.05) is 0 Å². The predicted molar refractivity (Wildman–Crippen MR) is 75.2 cm³/mol. The summed E-state index contributed by atoms with van der Waals surface area (Å²) in [6, 6.07) is 1.78. The highest BCUT2D eigenvalue weighted by atomic mass is 79.9. The number of aromatic nitrogens is 4. The van der Waals surface area contributed by atoms with Crippen LogP contribution in [0.4, 0.5) is 0 Å². The second-order valence-corrected chi connectivity index (χ2v) is 5.35. The molecule has 0 bridgehead atoms. The molecule has 2 aromatic heterocycles. The van der Waals surface area contributed by atoms with Gasteiger partial charge in [-0.3, -0.25) is 9.48 Å². The fourth-order valence-electron chi connectivity index (χ4n) is 1.95. The summed E-state index contributed by atoms with van der Waals surface area (Å²) in [6.45, 7) is 5.53. The highest BCUT2D eigenvalue weighted by Crippen LogP contribution is 2.22. The summed E-state index contributed by atoms with van der Waals surface area (Å²) in [4.78, 5) is 12.4. The van der Waals surface area contributed by atoms with E-state index in [2.05, 4.69) is 31.2 Å². The van der Waals surface area contributed by atoms with E-state index >= 15 is 0 Å². The molecule has 100 valence electrons. The molecule has 5 nitrogen and oxygen atoms in total. The Balaban J connectivity index is 2.33. The van der Waals surface area contributed by atoms with Gasteiger partial charge in [-0.25, -0.2) is 0 Å². The van der Waals surface area contributed by atoms with Crippen LogP contribution in [0.15, 0.2) is 10.5 Å². The first kappa shape index (κ1) is 13.9. The molecule has 0 unspecified atom stereocenters. The van der Waals surface area contributed by atoms with E-state index in [1.165, 1.54) is 0 Å². The summed E-state index contributed by atoms with van der Waals surface area (Å²) in [5.41, 5.74) is 3.78. The summed E-state index contributed by atoms with van der Waals surface area (Å²) >= 11 is 3.47. The third-order valence-electron chi connectivity index (χ3n) is 2.99. The number of carbonyl (C=O) groups is 1. The van der Waals surface area contributed by atoms with E-state index < -0.39 is 0 Å². The van der Waals surface area contributed by atoms with Crippen LogP contribution in [0.25, 0.3) is 0 Å². The molecule has 2 heterocycles. The Kier molecular flexibility index (Phi) is 3.80. The van der Waals surface area contributed by atoms with Gasteiger partial charge in [0.2, 0.25) is 0 Å². The summed E-state index contributed by atoms with van der Waals surface area (Å²) < 4.78 is 2.62. The van der Waals surface area contributed by atoms with Gasteiger partial charge >= 0.3 is 0 Å². The number of nitrogens with zero attached hydrogens (tertiary/aromatic N) is 4. The lowest BCUT2D eigenvalue weighted by Crippen LogP contribution is -2.11. The van der Waals surface area contributed by atoms with Gasteiger partial charge in [-0.05, 0) is 42.8 Å². The lowest BCUT2D eigenvalue weighted by molar-refractivity contribution is 0.0989. The van der Waals surface area contributed by atoms with E-state index in [4.69, 9.17) is 0 Å². The molecule has 2 rings (SSSR count). The van der Waals surface area contributed by atoms with E-state index in [0.29, 0.717) is 17.7 Å². The van der Waals surface area contributed by atoms with Crippen molar-refractivity contribution in [3.05, 3.63) is 38.9 Å².